The van der Waals surface area contributed by atoms with Gasteiger partial charge in [-0.2, -0.15) is 0 Å². The van der Waals surface area contributed by atoms with Crippen molar-refractivity contribution in [3.8, 4) is 11.1 Å². The maximum Gasteiger partial charge on any atom is 0.166 e. The van der Waals surface area contributed by atoms with Crippen LogP contribution in [0.3, 0.4) is 0 Å². The summed E-state index contributed by atoms with van der Waals surface area (Å²) in [5.74, 6) is -2.27. The zero-order valence-corrected chi connectivity index (χ0v) is 19.9. The summed E-state index contributed by atoms with van der Waals surface area (Å²) in [6.07, 6.45) is 5.47. The molecule has 2 nitrogen and oxygen atoms in total. The lowest BCUT2D eigenvalue weighted by atomic mass is 9.87. The van der Waals surface area contributed by atoms with Crippen LogP contribution in [-0.2, 0) is 9.47 Å². The molecule has 0 aromatic heterocycles. The Balaban J connectivity index is 1.52. The van der Waals surface area contributed by atoms with E-state index in [2.05, 4.69) is 0 Å². The average molecular weight is 487 g/mol. The summed E-state index contributed by atoms with van der Waals surface area (Å²) in [5, 5.41) is 0. The van der Waals surface area contributed by atoms with Gasteiger partial charge in [-0.25, -0.2) is 17.6 Å². The largest absolute Gasteiger partial charge is 0.352 e. The molecule has 0 N–H and O–H groups in total. The van der Waals surface area contributed by atoms with Gasteiger partial charge in [0.25, 0.3) is 0 Å². The number of hydrogen-bond acceptors (Lipinski definition) is 2. The Morgan fingerprint density at radius 1 is 0.857 bits per heavy atom. The standard InChI is InChI=1S/C29H30F4O2/c1-3-4-5-6-7-21-12-13-23(27(31)26(21)30)19-8-10-20(11-9-19)24-14-15-25(29(33)28(24)32)22-16-34-18(2)35-17-22/h4-5,8-15,18,22,26-27H,3,6-7,16-17H2,1-2H3/b5-4+. The molecule has 1 saturated heterocycles. The van der Waals surface area contributed by atoms with E-state index in [1.54, 1.807) is 49.4 Å². The predicted octanol–water partition coefficient (Wildman–Crippen LogP) is 7.85. The van der Waals surface area contributed by atoms with E-state index < -0.39 is 24.0 Å². The third-order valence-corrected chi connectivity index (χ3v) is 6.53. The van der Waals surface area contributed by atoms with E-state index in [1.807, 2.05) is 19.1 Å². The zero-order valence-electron chi connectivity index (χ0n) is 19.9. The topological polar surface area (TPSA) is 18.5 Å². The summed E-state index contributed by atoms with van der Waals surface area (Å²) in [7, 11) is 0. The number of rotatable bonds is 7. The highest BCUT2D eigenvalue weighted by molar-refractivity contribution is 5.75. The fourth-order valence-corrected chi connectivity index (χ4v) is 4.46. The fraction of sp³-hybridized carbons (Fsp3) is 0.379. The molecule has 2 aromatic rings. The van der Waals surface area contributed by atoms with Gasteiger partial charge in [0.2, 0.25) is 0 Å². The van der Waals surface area contributed by atoms with Crippen LogP contribution in [0.4, 0.5) is 17.6 Å². The van der Waals surface area contributed by atoms with Gasteiger partial charge in [-0.15, -0.1) is 0 Å². The SMILES string of the molecule is CC/C=C/CCC1=CC=C(c2ccc(-c3ccc(C4COC(C)OC4)c(F)c3F)cc2)C(F)C1F. The monoisotopic (exact) mass is 486 g/mol. The van der Waals surface area contributed by atoms with Crippen molar-refractivity contribution in [2.45, 2.75) is 57.7 Å². The van der Waals surface area contributed by atoms with Crippen molar-refractivity contribution in [2.75, 3.05) is 13.2 Å². The molecule has 1 aliphatic heterocycles. The predicted molar refractivity (Wildman–Crippen MR) is 130 cm³/mol. The van der Waals surface area contributed by atoms with Crippen LogP contribution in [-0.4, -0.2) is 31.8 Å². The quantitative estimate of drug-likeness (QED) is 0.293. The molecule has 0 bridgehead atoms. The number of benzene rings is 2. The maximum absolute atomic E-state index is 15.0. The van der Waals surface area contributed by atoms with Crippen molar-refractivity contribution in [3.63, 3.8) is 0 Å². The minimum absolute atomic E-state index is 0.101. The van der Waals surface area contributed by atoms with Gasteiger partial charge in [-0.05, 0) is 54.0 Å². The van der Waals surface area contributed by atoms with Gasteiger partial charge in [0.1, 0.15) is 0 Å². The third-order valence-electron chi connectivity index (χ3n) is 6.53. The van der Waals surface area contributed by atoms with E-state index in [-0.39, 0.29) is 42.1 Å². The van der Waals surface area contributed by atoms with Gasteiger partial charge in [-0.1, -0.05) is 67.6 Å². The van der Waals surface area contributed by atoms with E-state index in [0.717, 1.165) is 6.42 Å². The van der Waals surface area contributed by atoms with Crippen molar-refractivity contribution in [3.05, 3.63) is 89.0 Å². The van der Waals surface area contributed by atoms with Crippen molar-refractivity contribution >= 4 is 5.57 Å². The Labute approximate surface area is 204 Å². The number of alkyl halides is 2. The molecule has 2 unspecified atom stereocenters. The Morgan fingerprint density at radius 3 is 2.23 bits per heavy atom. The summed E-state index contributed by atoms with van der Waals surface area (Å²) < 4.78 is 70.2. The van der Waals surface area contributed by atoms with Crippen LogP contribution >= 0.6 is 0 Å². The third kappa shape index (κ3) is 5.60. The minimum atomic E-state index is -1.77. The molecule has 0 amide bonds. The molecular formula is C29H30F4O2. The molecule has 1 fully saturated rings. The van der Waals surface area contributed by atoms with Gasteiger partial charge < -0.3 is 9.47 Å². The molecule has 4 rings (SSSR count). The molecule has 1 aliphatic carbocycles. The first-order valence-corrected chi connectivity index (χ1v) is 12.1. The summed E-state index contributed by atoms with van der Waals surface area (Å²) in [5.41, 5.74) is 1.95. The first kappa shape index (κ1) is 25.4. The van der Waals surface area contributed by atoms with Gasteiger partial charge in [0.15, 0.2) is 30.3 Å². The van der Waals surface area contributed by atoms with E-state index in [4.69, 9.17) is 9.47 Å². The van der Waals surface area contributed by atoms with Crippen LogP contribution in [0, 0.1) is 11.6 Å². The lowest BCUT2D eigenvalue weighted by molar-refractivity contribution is -0.176. The highest BCUT2D eigenvalue weighted by Crippen LogP contribution is 2.36. The number of hydrogen-bond donors (Lipinski definition) is 0. The van der Waals surface area contributed by atoms with Gasteiger partial charge in [0.05, 0.1) is 13.2 Å². The smallest absolute Gasteiger partial charge is 0.166 e. The molecular weight excluding hydrogens is 456 g/mol. The molecule has 6 heteroatoms. The minimum Gasteiger partial charge on any atom is -0.352 e. The van der Waals surface area contributed by atoms with Crippen LogP contribution in [0.5, 0.6) is 0 Å². The second-order valence-electron chi connectivity index (χ2n) is 8.92. The number of ether oxygens (including phenoxy) is 2. The van der Waals surface area contributed by atoms with Gasteiger partial charge in [0, 0.05) is 11.5 Å². The average Bonchev–Trinajstić information content (AvgIpc) is 2.87. The lowest BCUT2D eigenvalue weighted by Gasteiger charge is -2.28. The Bertz CT molecular complexity index is 1110. The Hall–Kier alpha value is -2.70. The molecule has 2 atom stereocenters. The van der Waals surface area contributed by atoms with Crippen LogP contribution in [0.2, 0.25) is 0 Å². The molecule has 2 aromatic carbocycles. The van der Waals surface area contributed by atoms with E-state index >= 15 is 0 Å². The number of halogens is 4. The molecule has 186 valence electrons. The molecule has 35 heavy (non-hydrogen) atoms. The molecule has 0 spiro atoms. The zero-order chi connectivity index (χ0) is 24.9. The molecule has 1 heterocycles. The molecule has 0 radical (unpaired) electrons. The maximum atomic E-state index is 15.0. The van der Waals surface area contributed by atoms with E-state index in [9.17, 15) is 17.6 Å². The first-order chi connectivity index (χ1) is 16.9. The van der Waals surface area contributed by atoms with E-state index in [1.165, 1.54) is 6.07 Å². The summed E-state index contributed by atoms with van der Waals surface area (Å²) in [6.45, 7) is 4.29. The van der Waals surface area contributed by atoms with Crippen LogP contribution in [0.1, 0.15) is 50.2 Å². The van der Waals surface area contributed by atoms with Crippen molar-refractivity contribution in [1.29, 1.82) is 0 Å². The second-order valence-corrected chi connectivity index (χ2v) is 8.92. The van der Waals surface area contributed by atoms with Crippen molar-refractivity contribution < 1.29 is 27.0 Å². The van der Waals surface area contributed by atoms with Crippen molar-refractivity contribution in [2.24, 2.45) is 0 Å². The summed E-state index contributed by atoms with van der Waals surface area (Å²) in [6, 6.07) is 9.48. The Kier molecular flexibility index (Phi) is 8.24. The lowest BCUT2D eigenvalue weighted by Crippen LogP contribution is -2.29. The van der Waals surface area contributed by atoms with Crippen LogP contribution in [0.25, 0.3) is 16.7 Å². The first-order valence-electron chi connectivity index (χ1n) is 12.1. The van der Waals surface area contributed by atoms with Crippen LogP contribution in [0.15, 0.2) is 66.3 Å². The highest BCUT2D eigenvalue weighted by Gasteiger charge is 2.31. The Morgan fingerprint density at radius 2 is 1.54 bits per heavy atom. The highest BCUT2D eigenvalue weighted by atomic mass is 19.2. The number of allylic oxidation sites excluding steroid dienone is 6. The van der Waals surface area contributed by atoms with Gasteiger partial charge >= 0.3 is 0 Å². The fourth-order valence-electron chi connectivity index (χ4n) is 4.46. The van der Waals surface area contributed by atoms with Gasteiger partial charge in [-0.3, -0.25) is 0 Å². The second kappa shape index (κ2) is 11.4. The summed E-state index contributed by atoms with van der Waals surface area (Å²) in [4.78, 5) is 0. The van der Waals surface area contributed by atoms with Crippen molar-refractivity contribution in [1.82, 2.24) is 0 Å². The van der Waals surface area contributed by atoms with Crippen LogP contribution < -0.4 is 0 Å². The van der Waals surface area contributed by atoms with E-state index in [0.29, 0.717) is 29.5 Å². The normalized spacial score (nSPS) is 25.0. The molecule has 2 aliphatic rings. The summed E-state index contributed by atoms with van der Waals surface area (Å²) >= 11 is 0. The molecule has 0 saturated carbocycles.